The van der Waals surface area contributed by atoms with Gasteiger partial charge in [-0.15, -0.1) is 0 Å². The average molecular weight is 706 g/mol. The Balaban J connectivity index is 1.52. The van der Waals surface area contributed by atoms with Crippen LogP contribution in [-0.2, 0) is 21.0 Å². The van der Waals surface area contributed by atoms with Gasteiger partial charge in [-0.2, -0.15) is 0 Å². The highest BCUT2D eigenvalue weighted by molar-refractivity contribution is 6.36. The molecule has 0 aliphatic heterocycles. The minimum atomic E-state index is -1.80. The molecule has 1 aliphatic rings. The highest BCUT2D eigenvalue weighted by atomic mass is 35.5. The lowest BCUT2D eigenvalue weighted by Crippen LogP contribution is -2.56. The van der Waals surface area contributed by atoms with Crippen molar-refractivity contribution < 1.29 is 33.7 Å². The van der Waals surface area contributed by atoms with Crippen LogP contribution in [0.15, 0.2) is 91.0 Å². The number of halogens is 2. The van der Waals surface area contributed by atoms with E-state index >= 15 is 0 Å². The van der Waals surface area contributed by atoms with Crippen molar-refractivity contribution in [1.82, 2.24) is 0 Å². The van der Waals surface area contributed by atoms with E-state index in [-0.39, 0.29) is 6.61 Å². The van der Waals surface area contributed by atoms with Gasteiger partial charge >= 0.3 is 0 Å². The van der Waals surface area contributed by atoms with Gasteiger partial charge in [-0.05, 0) is 74.9 Å². The number of ether oxygens (including phenoxy) is 3. The fourth-order valence-corrected chi connectivity index (χ4v) is 6.73. The lowest BCUT2D eigenvalue weighted by molar-refractivity contribution is -0.150. The number of aliphatic hydroxyl groups is 1. The molecule has 0 radical (unpaired) electrons. The van der Waals surface area contributed by atoms with E-state index in [1.807, 2.05) is 13.8 Å². The Morgan fingerprint density at radius 2 is 1.31 bits per heavy atom. The minimum absolute atomic E-state index is 0.100. The molecule has 1 saturated carbocycles. The number of ketones is 1. The number of rotatable bonds is 12. The minimum Gasteiger partial charge on any atom is -0.492 e. The molecular formula is C38H38Cl2N2O7. The number of amides is 2. The van der Waals surface area contributed by atoms with E-state index in [4.69, 9.17) is 37.4 Å². The van der Waals surface area contributed by atoms with E-state index in [0.29, 0.717) is 63.0 Å². The zero-order valence-electron chi connectivity index (χ0n) is 27.4. The van der Waals surface area contributed by atoms with Crippen LogP contribution >= 0.6 is 23.2 Å². The summed E-state index contributed by atoms with van der Waals surface area (Å²) >= 11 is 12.6. The second-order valence-electron chi connectivity index (χ2n) is 11.9. The van der Waals surface area contributed by atoms with Gasteiger partial charge < -0.3 is 30.0 Å². The second-order valence-corrected chi connectivity index (χ2v) is 12.7. The monoisotopic (exact) mass is 704 g/mol. The Hall–Kier alpha value is -4.57. The van der Waals surface area contributed by atoms with Gasteiger partial charge in [0.1, 0.15) is 35.6 Å². The van der Waals surface area contributed by atoms with E-state index in [1.165, 1.54) is 6.92 Å². The molecule has 49 heavy (non-hydrogen) atoms. The normalized spacial score (nSPS) is 20.3. The molecule has 4 atom stereocenters. The van der Waals surface area contributed by atoms with Crippen molar-refractivity contribution in [2.45, 2.75) is 45.3 Å². The van der Waals surface area contributed by atoms with Crippen LogP contribution in [0.3, 0.4) is 0 Å². The van der Waals surface area contributed by atoms with Crippen LogP contribution in [0.5, 0.6) is 17.2 Å². The van der Waals surface area contributed by atoms with E-state index < -0.39 is 47.4 Å². The molecule has 2 amide bonds. The molecule has 0 saturated heterocycles. The first kappa shape index (κ1) is 35.7. The molecule has 0 spiro atoms. The van der Waals surface area contributed by atoms with Crippen molar-refractivity contribution in [3.05, 3.63) is 112 Å². The predicted molar refractivity (Wildman–Crippen MR) is 190 cm³/mol. The number of anilines is 2. The highest BCUT2D eigenvalue weighted by Crippen LogP contribution is 2.47. The molecule has 5 rings (SSSR count). The molecule has 9 nitrogen and oxygen atoms in total. The van der Waals surface area contributed by atoms with Gasteiger partial charge in [0.15, 0.2) is 0 Å². The van der Waals surface area contributed by atoms with Gasteiger partial charge in [-0.25, -0.2) is 0 Å². The average Bonchev–Trinajstić information content (AvgIpc) is 3.06. The quantitative estimate of drug-likeness (QED) is 0.129. The number of nitrogens with one attached hydrogen (secondary N) is 2. The summed E-state index contributed by atoms with van der Waals surface area (Å²) in [6.07, 6.45) is -0.417. The molecule has 4 aromatic carbocycles. The van der Waals surface area contributed by atoms with Gasteiger partial charge in [-0.3, -0.25) is 14.4 Å². The van der Waals surface area contributed by atoms with E-state index in [1.54, 1.807) is 91.0 Å². The number of para-hydroxylation sites is 4. The fourth-order valence-electron chi connectivity index (χ4n) is 6.23. The van der Waals surface area contributed by atoms with Crippen LogP contribution in [0.1, 0.15) is 44.2 Å². The van der Waals surface area contributed by atoms with Crippen molar-refractivity contribution in [3.63, 3.8) is 0 Å². The van der Waals surface area contributed by atoms with E-state index in [0.717, 1.165) is 0 Å². The summed E-state index contributed by atoms with van der Waals surface area (Å²) in [4.78, 5) is 42.2. The highest BCUT2D eigenvalue weighted by Gasteiger charge is 2.56. The summed E-state index contributed by atoms with van der Waals surface area (Å²) in [5.74, 6) is -3.99. The molecule has 3 N–H and O–H groups in total. The Labute approximate surface area is 295 Å². The maximum Gasteiger partial charge on any atom is 0.235 e. The van der Waals surface area contributed by atoms with Gasteiger partial charge in [-0.1, -0.05) is 65.7 Å². The molecule has 0 heterocycles. The molecule has 256 valence electrons. The molecule has 0 aromatic heterocycles. The topological polar surface area (TPSA) is 123 Å². The summed E-state index contributed by atoms with van der Waals surface area (Å²) in [5, 5.41) is 18.4. The molecule has 1 fully saturated rings. The van der Waals surface area contributed by atoms with Crippen LogP contribution < -0.4 is 24.8 Å². The first-order valence-electron chi connectivity index (χ1n) is 16.0. The van der Waals surface area contributed by atoms with Gasteiger partial charge in [0, 0.05) is 27.9 Å². The third-order valence-electron chi connectivity index (χ3n) is 8.43. The largest absolute Gasteiger partial charge is 0.492 e. The molecule has 0 bridgehead atoms. The van der Waals surface area contributed by atoms with Crippen LogP contribution in [0, 0.1) is 11.8 Å². The van der Waals surface area contributed by atoms with Crippen molar-refractivity contribution >= 4 is 52.2 Å². The number of carbonyl (C=O) groups excluding carboxylic acids is 3. The van der Waals surface area contributed by atoms with Crippen LogP contribution in [-0.4, -0.2) is 41.5 Å². The van der Waals surface area contributed by atoms with Crippen molar-refractivity contribution in [2.24, 2.45) is 11.8 Å². The number of hydrogen-bond donors (Lipinski definition) is 3. The third kappa shape index (κ3) is 8.19. The summed E-state index contributed by atoms with van der Waals surface area (Å²) in [7, 11) is 0. The van der Waals surface area contributed by atoms with E-state index in [2.05, 4.69) is 10.6 Å². The standard InChI is InChI=1S/C38H38Cl2N2O7/c1-4-47-31-15-8-6-13-28(31)41-36(44)34-30(43)21-38(3,46)35(37(45)42-29-14-7-9-16-32(29)48-5-2)33(34)23-17-19-24(20-18-23)49-22-25-26(39)11-10-12-27(25)40/h6-20,33-35,46H,4-5,21-22H2,1-3H3,(H,41,44)(H,42,45). The fraction of sp³-hybridized carbons (Fsp3) is 0.289. The first-order valence-corrected chi connectivity index (χ1v) is 16.8. The lowest BCUT2D eigenvalue weighted by Gasteiger charge is -2.44. The summed E-state index contributed by atoms with van der Waals surface area (Å²) in [5.41, 5.74) is 0.0775. The molecule has 1 aliphatic carbocycles. The van der Waals surface area contributed by atoms with Crippen molar-refractivity contribution in [3.8, 4) is 17.2 Å². The van der Waals surface area contributed by atoms with Gasteiger partial charge in [0.05, 0.1) is 36.1 Å². The number of benzene rings is 4. The Morgan fingerprint density at radius 1 is 0.776 bits per heavy atom. The Kier molecular flexibility index (Phi) is 11.5. The molecular weight excluding hydrogens is 667 g/mol. The predicted octanol–water partition coefficient (Wildman–Crippen LogP) is 7.69. The molecule has 4 aromatic rings. The zero-order chi connectivity index (χ0) is 35.1. The van der Waals surface area contributed by atoms with Crippen molar-refractivity contribution in [1.29, 1.82) is 0 Å². The summed E-state index contributed by atoms with van der Waals surface area (Å²) < 4.78 is 17.4. The van der Waals surface area contributed by atoms with Gasteiger partial charge in [0.2, 0.25) is 11.8 Å². The van der Waals surface area contributed by atoms with Crippen LogP contribution in [0.4, 0.5) is 11.4 Å². The third-order valence-corrected chi connectivity index (χ3v) is 9.14. The van der Waals surface area contributed by atoms with Gasteiger partial charge in [0.25, 0.3) is 0 Å². The Morgan fingerprint density at radius 3 is 1.86 bits per heavy atom. The molecule has 11 heteroatoms. The summed E-state index contributed by atoms with van der Waals surface area (Å²) in [6.45, 7) is 5.93. The van der Waals surface area contributed by atoms with E-state index in [9.17, 15) is 19.5 Å². The second kappa shape index (κ2) is 15.8. The number of hydrogen-bond acceptors (Lipinski definition) is 7. The number of carbonyl (C=O) groups is 3. The number of Topliss-reactive ketones (excluding diaryl/α,β-unsaturated/α-hetero) is 1. The molecule has 4 unspecified atom stereocenters. The smallest absolute Gasteiger partial charge is 0.235 e. The first-order chi connectivity index (χ1) is 23.5. The van der Waals surface area contributed by atoms with Crippen molar-refractivity contribution in [2.75, 3.05) is 23.8 Å². The zero-order valence-corrected chi connectivity index (χ0v) is 28.9. The summed E-state index contributed by atoms with van der Waals surface area (Å²) in [6, 6.07) is 25.7. The van der Waals surface area contributed by atoms with Crippen LogP contribution in [0.25, 0.3) is 0 Å². The lowest BCUT2D eigenvalue weighted by atomic mass is 9.61. The maximum atomic E-state index is 14.2. The Bertz CT molecular complexity index is 1790. The SMILES string of the molecule is CCOc1ccccc1NC(=O)C1C(=O)CC(C)(O)C(C(=O)Nc2ccccc2OCC)C1c1ccc(OCc2c(Cl)cccc2Cl)cc1. The maximum absolute atomic E-state index is 14.2. The van der Waals surface area contributed by atoms with Crippen LogP contribution in [0.2, 0.25) is 10.0 Å².